The molecule has 2 N–H and O–H groups in total. The molecule has 22 heavy (non-hydrogen) atoms. The van der Waals surface area contributed by atoms with Crippen molar-refractivity contribution in [3.63, 3.8) is 0 Å². The smallest absolute Gasteiger partial charge is 0.223 e. The summed E-state index contributed by atoms with van der Waals surface area (Å²) in [7, 11) is 0. The highest BCUT2D eigenvalue weighted by molar-refractivity contribution is 5.88. The minimum absolute atomic E-state index is 0.106. The van der Waals surface area contributed by atoms with Gasteiger partial charge in [0.25, 0.3) is 0 Å². The molecule has 0 saturated heterocycles. The maximum atomic E-state index is 11.0. The van der Waals surface area contributed by atoms with Crippen LogP contribution in [0.2, 0.25) is 0 Å². The molecule has 0 spiro atoms. The van der Waals surface area contributed by atoms with E-state index in [2.05, 4.69) is 20.6 Å². The molecule has 1 amide bonds. The Morgan fingerprint density at radius 2 is 1.91 bits per heavy atom. The second kappa shape index (κ2) is 7.40. The van der Waals surface area contributed by atoms with Crippen LogP contribution in [0.3, 0.4) is 0 Å². The summed E-state index contributed by atoms with van der Waals surface area (Å²) in [5.74, 6) is 1.20. The SMILES string of the molecule is CC(=O)Nc1cccc(OCCNc2nc(C)cc(C)n2)c1. The van der Waals surface area contributed by atoms with Crippen molar-refractivity contribution in [2.45, 2.75) is 20.8 Å². The molecule has 0 aliphatic rings. The molecule has 1 aromatic heterocycles. The van der Waals surface area contributed by atoms with Gasteiger partial charge in [-0.3, -0.25) is 4.79 Å². The highest BCUT2D eigenvalue weighted by Crippen LogP contribution is 2.17. The number of hydrogen-bond donors (Lipinski definition) is 2. The quantitative estimate of drug-likeness (QED) is 0.802. The van der Waals surface area contributed by atoms with Gasteiger partial charge in [-0.25, -0.2) is 9.97 Å². The van der Waals surface area contributed by atoms with Crippen molar-refractivity contribution < 1.29 is 9.53 Å². The van der Waals surface area contributed by atoms with Crippen LogP contribution < -0.4 is 15.4 Å². The van der Waals surface area contributed by atoms with Crippen LogP contribution in [0.15, 0.2) is 30.3 Å². The van der Waals surface area contributed by atoms with Gasteiger partial charge < -0.3 is 15.4 Å². The lowest BCUT2D eigenvalue weighted by Gasteiger charge is -2.10. The minimum atomic E-state index is -0.106. The molecule has 0 saturated carbocycles. The van der Waals surface area contributed by atoms with Crippen LogP contribution in [0.1, 0.15) is 18.3 Å². The van der Waals surface area contributed by atoms with Gasteiger partial charge in [-0.15, -0.1) is 0 Å². The number of aromatic nitrogens is 2. The summed E-state index contributed by atoms with van der Waals surface area (Å²) < 4.78 is 5.64. The first-order chi connectivity index (χ1) is 10.5. The number of carbonyl (C=O) groups excluding carboxylic acids is 1. The van der Waals surface area contributed by atoms with Gasteiger partial charge in [0.2, 0.25) is 11.9 Å². The Hall–Kier alpha value is -2.63. The van der Waals surface area contributed by atoms with E-state index in [9.17, 15) is 4.79 Å². The Morgan fingerprint density at radius 3 is 2.59 bits per heavy atom. The summed E-state index contributed by atoms with van der Waals surface area (Å²) in [6.07, 6.45) is 0. The van der Waals surface area contributed by atoms with Crippen LogP contribution in [0.25, 0.3) is 0 Å². The zero-order chi connectivity index (χ0) is 15.9. The predicted molar refractivity (Wildman–Crippen MR) is 86.2 cm³/mol. The highest BCUT2D eigenvalue weighted by atomic mass is 16.5. The standard InChI is InChI=1S/C16H20N4O2/c1-11-9-12(2)19-16(18-11)17-7-8-22-15-6-4-5-14(10-15)20-13(3)21/h4-6,9-10H,7-8H2,1-3H3,(H,20,21)(H,17,18,19). The second-order valence-corrected chi connectivity index (χ2v) is 4.96. The number of ether oxygens (including phenoxy) is 1. The van der Waals surface area contributed by atoms with Crippen LogP contribution >= 0.6 is 0 Å². The largest absolute Gasteiger partial charge is 0.492 e. The molecule has 0 aliphatic carbocycles. The molecule has 2 rings (SSSR count). The van der Waals surface area contributed by atoms with E-state index in [0.717, 1.165) is 17.1 Å². The van der Waals surface area contributed by atoms with Crippen molar-refractivity contribution in [3.05, 3.63) is 41.7 Å². The fourth-order valence-corrected chi connectivity index (χ4v) is 2.00. The van der Waals surface area contributed by atoms with Crippen LogP contribution in [0.5, 0.6) is 5.75 Å². The maximum absolute atomic E-state index is 11.0. The third kappa shape index (κ3) is 5.05. The molecule has 6 heteroatoms. The summed E-state index contributed by atoms with van der Waals surface area (Å²) in [5.41, 5.74) is 2.58. The number of aryl methyl sites for hydroxylation is 2. The average molecular weight is 300 g/mol. The fourth-order valence-electron chi connectivity index (χ4n) is 2.00. The first kappa shape index (κ1) is 15.8. The lowest BCUT2D eigenvalue weighted by molar-refractivity contribution is -0.114. The summed E-state index contributed by atoms with van der Waals surface area (Å²) in [6.45, 7) is 6.40. The van der Waals surface area contributed by atoms with E-state index < -0.39 is 0 Å². The molecule has 0 aliphatic heterocycles. The van der Waals surface area contributed by atoms with Gasteiger partial charge in [-0.1, -0.05) is 6.07 Å². The molecule has 0 radical (unpaired) electrons. The number of rotatable bonds is 6. The van der Waals surface area contributed by atoms with E-state index >= 15 is 0 Å². The van der Waals surface area contributed by atoms with Crippen molar-refractivity contribution in [2.24, 2.45) is 0 Å². The number of hydrogen-bond acceptors (Lipinski definition) is 5. The molecule has 0 atom stereocenters. The Bertz CT molecular complexity index is 638. The predicted octanol–water partition coefficient (Wildman–Crippen LogP) is 2.54. The van der Waals surface area contributed by atoms with Gasteiger partial charge in [0.1, 0.15) is 12.4 Å². The monoisotopic (exact) mass is 300 g/mol. The van der Waals surface area contributed by atoms with E-state index in [0.29, 0.717) is 24.8 Å². The van der Waals surface area contributed by atoms with Crippen LogP contribution in [0.4, 0.5) is 11.6 Å². The number of carbonyl (C=O) groups is 1. The molecule has 6 nitrogen and oxygen atoms in total. The molecule has 0 fully saturated rings. The van der Waals surface area contributed by atoms with Gasteiger partial charge in [0.05, 0.1) is 6.54 Å². The third-order valence-corrected chi connectivity index (χ3v) is 2.79. The lowest BCUT2D eigenvalue weighted by Crippen LogP contribution is -2.14. The molecule has 116 valence electrons. The number of nitrogens with one attached hydrogen (secondary N) is 2. The van der Waals surface area contributed by atoms with Crippen molar-refractivity contribution in [3.8, 4) is 5.75 Å². The first-order valence-corrected chi connectivity index (χ1v) is 7.09. The van der Waals surface area contributed by atoms with Crippen LogP contribution in [-0.2, 0) is 4.79 Å². The average Bonchev–Trinajstić information content (AvgIpc) is 2.42. The summed E-state index contributed by atoms with van der Waals surface area (Å²) in [5, 5.41) is 5.85. The maximum Gasteiger partial charge on any atom is 0.223 e. The molecule has 2 aromatic rings. The van der Waals surface area contributed by atoms with E-state index in [4.69, 9.17) is 4.74 Å². The Morgan fingerprint density at radius 1 is 1.18 bits per heavy atom. The van der Waals surface area contributed by atoms with E-state index in [1.165, 1.54) is 6.92 Å². The van der Waals surface area contributed by atoms with Crippen molar-refractivity contribution >= 4 is 17.5 Å². The van der Waals surface area contributed by atoms with Crippen LogP contribution in [0, 0.1) is 13.8 Å². The van der Waals surface area contributed by atoms with E-state index in [1.807, 2.05) is 38.1 Å². The minimum Gasteiger partial charge on any atom is -0.492 e. The molecular formula is C16H20N4O2. The number of anilines is 2. The van der Waals surface area contributed by atoms with Gasteiger partial charge in [-0.2, -0.15) is 0 Å². The van der Waals surface area contributed by atoms with Crippen molar-refractivity contribution in [2.75, 3.05) is 23.8 Å². The topological polar surface area (TPSA) is 76.1 Å². The van der Waals surface area contributed by atoms with Gasteiger partial charge >= 0.3 is 0 Å². The molecule has 1 heterocycles. The van der Waals surface area contributed by atoms with Gasteiger partial charge in [0.15, 0.2) is 0 Å². The van der Waals surface area contributed by atoms with Crippen molar-refractivity contribution in [1.29, 1.82) is 0 Å². The molecule has 0 bridgehead atoms. The summed E-state index contributed by atoms with van der Waals surface area (Å²) in [6, 6.07) is 9.21. The molecule has 1 aromatic carbocycles. The Kier molecular flexibility index (Phi) is 5.30. The zero-order valence-electron chi connectivity index (χ0n) is 13.0. The second-order valence-electron chi connectivity index (χ2n) is 4.96. The normalized spacial score (nSPS) is 10.1. The fraction of sp³-hybridized carbons (Fsp3) is 0.312. The van der Waals surface area contributed by atoms with E-state index in [1.54, 1.807) is 6.07 Å². The number of amides is 1. The third-order valence-electron chi connectivity index (χ3n) is 2.79. The Labute approximate surface area is 129 Å². The van der Waals surface area contributed by atoms with Crippen molar-refractivity contribution in [1.82, 2.24) is 9.97 Å². The zero-order valence-corrected chi connectivity index (χ0v) is 13.0. The van der Waals surface area contributed by atoms with Gasteiger partial charge in [-0.05, 0) is 32.0 Å². The number of nitrogens with zero attached hydrogens (tertiary/aromatic N) is 2. The summed E-state index contributed by atoms with van der Waals surface area (Å²) in [4.78, 5) is 19.6. The highest BCUT2D eigenvalue weighted by Gasteiger charge is 2.00. The Balaban J connectivity index is 1.82. The first-order valence-electron chi connectivity index (χ1n) is 7.09. The summed E-state index contributed by atoms with van der Waals surface area (Å²) >= 11 is 0. The van der Waals surface area contributed by atoms with E-state index in [-0.39, 0.29) is 5.91 Å². The van der Waals surface area contributed by atoms with Gasteiger partial charge in [0, 0.05) is 30.1 Å². The van der Waals surface area contributed by atoms with Crippen LogP contribution in [-0.4, -0.2) is 29.0 Å². The molecular weight excluding hydrogens is 280 g/mol. The number of benzene rings is 1. The molecule has 0 unspecified atom stereocenters. The lowest BCUT2D eigenvalue weighted by atomic mass is 10.3.